The number of ether oxygens (including phenoxy) is 1. The van der Waals surface area contributed by atoms with Crippen LogP contribution < -0.4 is 4.74 Å². The fraction of sp³-hybridized carbons (Fsp3) is 0.125. The maximum Gasteiger partial charge on any atom is 0.126 e. The summed E-state index contributed by atoms with van der Waals surface area (Å²) in [4.78, 5) is 8.62. The largest absolute Gasteiger partial charge is 0.496 e. The summed E-state index contributed by atoms with van der Waals surface area (Å²) >= 11 is 1.72. The smallest absolute Gasteiger partial charge is 0.126 e. The van der Waals surface area contributed by atoms with Gasteiger partial charge in [-0.3, -0.25) is 4.98 Å². The highest BCUT2D eigenvalue weighted by Crippen LogP contribution is 2.32. The van der Waals surface area contributed by atoms with Crippen molar-refractivity contribution in [3.63, 3.8) is 0 Å². The van der Waals surface area contributed by atoms with E-state index in [0.717, 1.165) is 27.3 Å². The number of aromatic nitrogens is 2. The molecule has 0 aliphatic carbocycles. The van der Waals surface area contributed by atoms with Gasteiger partial charge in [0.05, 0.1) is 7.11 Å². The zero-order chi connectivity index (χ0) is 13.8. The van der Waals surface area contributed by atoms with Gasteiger partial charge in [0.15, 0.2) is 0 Å². The molecule has 0 aliphatic rings. The van der Waals surface area contributed by atoms with E-state index in [4.69, 9.17) is 4.74 Å². The first-order chi connectivity index (χ1) is 9.88. The molecule has 0 radical (unpaired) electrons. The zero-order valence-corrected chi connectivity index (χ0v) is 11.9. The van der Waals surface area contributed by atoms with Crippen LogP contribution in [-0.4, -0.2) is 17.1 Å². The summed E-state index contributed by atoms with van der Waals surface area (Å²) in [5.74, 6) is 1.74. The lowest BCUT2D eigenvalue weighted by Crippen LogP contribution is -1.89. The third-order valence-electron chi connectivity index (χ3n) is 3.05. The maximum atomic E-state index is 5.40. The highest BCUT2D eigenvalue weighted by molar-refractivity contribution is 7.98. The Morgan fingerprint density at radius 1 is 1.05 bits per heavy atom. The lowest BCUT2D eigenvalue weighted by atomic mass is 10.1. The van der Waals surface area contributed by atoms with Gasteiger partial charge in [0, 0.05) is 35.1 Å². The van der Waals surface area contributed by atoms with E-state index >= 15 is 0 Å². The molecular formula is C16H14N2OS. The number of nitrogens with zero attached hydrogens (tertiary/aromatic N) is 2. The van der Waals surface area contributed by atoms with Crippen molar-refractivity contribution in [2.45, 2.75) is 10.8 Å². The summed E-state index contributed by atoms with van der Waals surface area (Å²) in [5.41, 5.74) is 1.19. The molecule has 0 N–H and O–H groups in total. The Kier molecular flexibility index (Phi) is 3.83. The van der Waals surface area contributed by atoms with Gasteiger partial charge in [-0.2, -0.15) is 0 Å². The second kappa shape index (κ2) is 5.92. The van der Waals surface area contributed by atoms with Crippen molar-refractivity contribution >= 4 is 22.5 Å². The number of benzene rings is 1. The van der Waals surface area contributed by atoms with Crippen LogP contribution in [0.4, 0.5) is 0 Å². The maximum absolute atomic E-state index is 5.40. The van der Waals surface area contributed by atoms with Crippen LogP contribution >= 0.6 is 11.8 Å². The first kappa shape index (κ1) is 12.9. The second-order valence-corrected chi connectivity index (χ2v) is 5.29. The second-order valence-electron chi connectivity index (χ2n) is 4.32. The monoisotopic (exact) mass is 282 g/mol. The molecule has 0 saturated carbocycles. The van der Waals surface area contributed by atoms with Gasteiger partial charge in [0.1, 0.15) is 10.8 Å². The average Bonchev–Trinajstić information content (AvgIpc) is 2.53. The number of hydrogen-bond acceptors (Lipinski definition) is 4. The molecular weight excluding hydrogens is 268 g/mol. The van der Waals surface area contributed by atoms with Crippen LogP contribution in [0.5, 0.6) is 5.75 Å². The first-order valence-corrected chi connectivity index (χ1v) is 7.30. The van der Waals surface area contributed by atoms with E-state index in [1.165, 1.54) is 5.56 Å². The molecule has 100 valence electrons. The van der Waals surface area contributed by atoms with Gasteiger partial charge in [0.25, 0.3) is 0 Å². The van der Waals surface area contributed by atoms with E-state index in [0.29, 0.717) is 0 Å². The standard InChI is InChI=1S/C16H14N2OS/c1-19-15-6-2-5-14-13(15)7-9-18-16(14)20-11-12-4-3-8-17-10-12/h2-10H,11H2,1H3. The van der Waals surface area contributed by atoms with Crippen LogP contribution in [0.2, 0.25) is 0 Å². The minimum atomic E-state index is 0.858. The van der Waals surface area contributed by atoms with Gasteiger partial charge < -0.3 is 4.74 Å². The molecule has 2 heterocycles. The Morgan fingerprint density at radius 2 is 2.00 bits per heavy atom. The zero-order valence-electron chi connectivity index (χ0n) is 11.1. The van der Waals surface area contributed by atoms with E-state index < -0.39 is 0 Å². The molecule has 3 aromatic rings. The third kappa shape index (κ3) is 2.60. The molecule has 3 nitrogen and oxygen atoms in total. The van der Waals surface area contributed by atoms with Crippen molar-refractivity contribution in [1.29, 1.82) is 0 Å². The number of pyridine rings is 2. The summed E-state index contributed by atoms with van der Waals surface area (Å²) < 4.78 is 5.40. The Labute approximate surface area is 122 Å². The SMILES string of the molecule is COc1cccc2c(SCc3cccnc3)nccc12. The predicted molar refractivity (Wildman–Crippen MR) is 82.1 cm³/mol. The van der Waals surface area contributed by atoms with Gasteiger partial charge in [-0.1, -0.05) is 18.2 Å². The van der Waals surface area contributed by atoms with Gasteiger partial charge >= 0.3 is 0 Å². The summed E-state index contributed by atoms with van der Waals surface area (Å²) in [5, 5.41) is 3.24. The van der Waals surface area contributed by atoms with Crippen molar-refractivity contribution < 1.29 is 4.74 Å². The molecule has 0 bridgehead atoms. The van der Waals surface area contributed by atoms with Crippen molar-refractivity contribution in [3.8, 4) is 5.75 Å². The summed E-state index contributed by atoms with van der Waals surface area (Å²) in [6.45, 7) is 0. The number of rotatable bonds is 4. The third-order valence-corrected chi connectivity index (χ3v) is 4.12. The molecule has 0 spiro atoms. The average molecular weight is 282 g/mol. The molecule has 2 aromatic heterocycles. The number of fused-ring (bicyclic) bond motifs is 1. The van der Waals surface area contributed by atoms with Crippen LogP contribution in [0.1, 0.15) is 5.56 Å². The summed E-state index contributed by atoms with van der Waals surface area (Å²) in [7, 11) is 1.69. The van der Waals surface area contributed by atoms with Crippen molar-refractivity contribution in [2.24, 2.45) is 0 Å². The summed E-state index contributed by atoms with van der Waals surface area (Å²) in [6.07, 6.45) is 5.50. The van der Waals surface area contributed by atoms with E-state index in [1.807, 2.05) is 36.7 Å². The summed E-state index contributed by atoms with van der Waals surface area (Å²) in [6, 6.07) is 12.1. The fourth-order valence-corrected chi connectivity index (χ4v) is 3.02. The number of thioether (sulfide) groups is 1. The van der Waals surface area contributed by atoms with Crippen LogP contribution in [0.3, 0.4) is 0 Å². The highest BCUT2D eigenvalue weighted by atomic mass is 32.2. The number of methoxy groups -OCH3 is 1. The molecule has 20 heavy (non-hydrogen) atoms. The highest BCUT2D eigenvalue weighted by Gasteiger charge is 2.07. The lowest BCUT2D eigenvalue weighted by molar-refractivity contribution is 0.419. The molecule has 0 fully saturated rings. The molecule has 3 rings (SSSR count). The molecule has 0 atom stereocenters. The van der Waals surface area contributed by atoms with E-state index in [9.17, 15) is 0 Å². The van der Waals surface area contributed by atoms with Crippen molar-refractivity contribution in [3.05, 3.63) is 60.6 Å². The predicted octanol–water partition coefficient (Wildman–Crippen LogP) is 3.93. The minimum Gasteiger partial charge on any atom is -0.496 e. The van der Waals surface area contributed by atoms with E-state index in [1.54, 1.807) is 25.1 Å². The van der Waals surface area contributed by atoms with Crippen molar-refractivity contribution in [2.75, 3.05) is 7.11 Å². The lowest BCUT2D eigenvalue weighted by Gasteiger charge is -2.08. The van der Waals surface area contributed by atoms with Crippen molar-refractivity contribution in [1.82, 2.24) is 9.97 Å². The molecule has 0 unspecified atom stereocenters. The fourth-order valence-electron chi connectivity index (χ4n) is 2.08. The van der Waals surface area contributed by atoms with Crippen LogP contribution in [0, 0.1) is 0 Å². The Morgan fingerprint density at radius 3 is 2.80 bits per heavy atom. The van der Waals surface area contributed by atoms with Gasteiger partial charge in [-0.05, 0) is 23.8 Å². The molecule has 4 heteroatoms. The van der Waals surface area contributed by atoms with E-state index in [2.05, 4.69) is 22.1 Å². The Hall–Kier alpha value is -2.07. The van der Waals surface area contributed by atoms with Gasteiger partial charge in [-0.15, -0.1) is 11.8 Å². The van der Waals surface area contributed by atoms with Gasteiger partial charge in [0.2, 0.25) is 0 Å². The normalized spacial score (nSPS) is 10.7. The number of hydrogen-bond donors (Lipinski definition) is 0. The Bertz CT molecular complexity index is 716. The minimum absolute atomic E-state index is 0.858. The molecule has 0 aliphatic heterocycles. The van der Waals surface area contributed by atoms with Crippen LogP contribution in [0.15, 0.2) is 60.0 Å². The van der Waals surface area contributed by atoms with Crippen LogP contribution in [-0.2, 0) is 5.75 Å². The first-order valence-electron chi connectivity index (χ1n) is 6.32. The molecule has 1 aromatic carbocycles. The molecule has 0 amide bonds. The Balaban J connectivity index is 1.92. The van der Waals surface area contributed by atoms with Crippen LogP contribution in [0.25, 0.3) is 10.8 Å². The van der Waals surface area contributed by atoms with Gasteiger partial charge in [-0.25, -0.2) is 4.98 Å². The topological polar surface area (TPSA) is 35.0 Å². The molecule has 0 saturated heterocycles. The van der Waals surface area contributed by atoms with E-state index in [-0.39, 0.29) is 0 Å². The quantitative estimate of drug-likeness (QED) is 0.679.